The molecule has 0 saturated carbocycles. The van der Waals surface area contributed by atoms with E-state index in [1.54, 1.807) is 0 Å². The van der Waals surface area contributed by atoms with Crippen LogP contribution in [-0.4, -0.2) is 60.4 Å². The Morgan fingerprint density at radius 3 is 2.89 bits per heavy atom. The van der Waals surface area contributed by atoms with Crippen molar-refractivity contribution in [3.05, 3.63) is 35.8 Å². The third-order valence-corrected chi connectivity index (χ3v) is 5.98. The molecule has 2 aliphatic heterocycles. The van der Waals surface area contributed by atoms with Crippen molar-refractivity contribution in [2.24, 2.45) is 0 Å². The van der Waals surface area contributed by atoms with Gasteiger partial charge in [0.1, 0.15) is 5.82 Å². The van der Waals surface area contributed by atoms with Crippen molar-refractivity contribution in [3.63, 3.8) is 0 Å². The van der Waals surface area contributed by atoms with Gasteiger partial charge in [0.15, 0.2) is 0 Å². The van der Waals surface area contributed by atoms with Crippen molar-refractivity contribution >= 4 is 17.5 Å². The molecular weight excluding hydrogens is 352 g/mol. The standard InChI is InChI=1S/C21H28N6O/c1-3-16-14-23-21(25-19(16)5-1)27-8-2-4-17(15-27)24-20-13-18(6-7-22-20)26-9-11-28-12-10-26/h6-7,13-14,17H,1-5,8-12,15H2,(H,22,24). The summed E-state index contributed by atoms with van der Waals surface area (Å²) in [5, 5.41) is 3.65. The van der Waals surface area contributed by atoms with Crippen molar-refractivity contribution in [1.82, 2.24) is 15.0 Å². The summed E-state index contributed by atoms with van der Waals surface area (Å²) < 4.78 is 5.46. The summed E-state index contributed by atoms with van der Waals surface area (Å²) in [5.74, 6) is 1.84. The molecule has 0 aromatic carbocycles. The monoisotopic (exact) mass is 380 g/mol. The van der Waals surface area contributed by atoms with Gasteiger partial charge in [-0.05, 0) is 43.7 Å². The van der Waals surface area contributed by atoms with E-state index < -0.39 is 0 Å². The van der Waals surface area contributed by atoms with Crippen molar-refractivity contribution < 1.29 is 4.74 Å². The third kappa shape index (κ3) is 3.76. The summed E-state index contributed by atoms with van der Waals surface area (Å²) in [7, 11) is 0. The van der Waals surface area contributed by atoms with Gasteiger partial charge < -0.3 is 19.9 Å². The Kier molecular flexibility index (Phi) is 4.99. The molecule has 2 aromatic heterocycles. The van der Waals surface area contributed by atoms with E-state index in [2.05, 4.69) is 37.2 Å². The Labute approximate surface area is 166 Å². The fraction of sp³-hybridized carbons (Fsp3) is 0.571. The molecule has 7 heteroatoms. The highest BCUT2D eigenvalue weighted by molar-refractivity contribution is 5.54. The van der Waals surface area contributed by atoms with Gasteiger partial charge in [-0.15, -0.1) is 0 Å². The van der Waals surface area contributed by atoms with E-state index in [-0.39, 0.29) is 0 Å². The first-order valence-corrected chi connectivity index (χ1v) is 10.5. The number of aryl methyl sites for hydroxylation is 2. The van der Waals surface area contributed by atoms with Gasteiger partial charge >= 0.3 is 0 Å². The fourth-order valence-corrected chi connectivity index (χ4v) is 4.46. The number of anilines is 3. The van der Waals surface area contributed by atoms with E-state index in [4.69, 9.17) is 9.72 Å². The van der Waals surface area contributed by atoms with E-state index >= 15 is 0 Å². The second-order valence-corrected chi connectivity index (χ2v) is 7.92. The molecule has 1 unspecified atom stereocenters. The van der Waals surface area contributed by atoms with Gasteiger partial charge in [-0.3, -0.25) is 0 Å². The lowest BCUT2D eigenvalue weighted by Crippen LogP contribution is -2.43. The average molecular weight is 380 g/mol. The molecule has 2 aromatic rings. The van der Waals surface area contributed by atoms with Gasteiger partial charge in [0.25, 0.3) is 0 Å². The Balaban J connectivity index is 1.26. The molecule has 0 bridgehead atoms. The SMILES string of the molecule is c1cc(N2CCOCC2)cc(NC2CCCN(c3ncc4c(n3)CCC4)C2)n1. The van der Waals surface area contributed by atoms with E-state index in [0.717, 1.165) is 76.8 Å². The highest BCUT2D eigenvalue weighted by atomic mass is 16.5. The first-order valence-electron chi connectivity index (χ1n) is 10.5. The Bertz CT molecular complexity index is 822. The number of ether oxygens (including phenoxy) is 1. The molecule has 28 heavy (non-hydrogen) atoms. The summed E-state index contributed by atoms with van der Waals surface area (Å²) in [6.45, 7) is 5.42. The topological polar surface area (TPSA) is 66.4 Å². The van der Waals surface area contributed by atoms with Crippen LogP contribution in [0.1, 0.15) is 30.5 Å². The van der Waals surface area contributed by atoms with Crippen LogP contribution in [0.2, 0.25) is 0 Å². The van der Waals surface area contributed by atoms with E-state index in [1.807, 2.05) is 12.4 Å². The number of morpholine rings is 1. The number of hydrogen-bond acceptors (Lipinski definition) is 7. The van der Waals surface area contributed by atoms with Crippen molar-refractivity contribution in [3.8, 4) is 0 Å². The van der Waals surface area contributed by atoms with Crippen LogP contribution in [0, 0.1) is 0 Å². The molecule has 4 heterocycles. The van der Waals surface area contributed by atoms with E-state index in [9.17, 15) is 0 Å². The van der Waals surface area contributed by atoms with Crippen molar-refractivity contribution in [2.45, 2.75) is 38.1 Å². The minimum atomic E-state index is 0.359. The van der Waals surface area contributed by atoms with Crippen LogP contribution in [0.5, 0.6) is 0 Å². The summed E-state index contributed by atoms with van der Waals surface area (Å²) in [6.07, 6.45) is 9.66. The first-order chi connectivity index (χ1) is 13.8. The van der Waals surface area contributed by atoms with Crippen LogP contribution >= 0.6 is 0 Å². The quantitative estimate of drug-likeness (QED) is 0.873. The predicted octanol–water partition coefficient (Wildman–Crippen LogP) is 2.28. The molecule has 1 atom stereocenters. The maximum atomic E-state index is 5.46. The predicted molar refractivity (Wildman–Crippen MR) is 110 cm³/mol. The highest BCUT2D eigenvalue weighted by Crippen LogP contribution is 2.25. The number of pyridine rings is 1. The van der Waals surface area contributed by atoms with Gasteiger partial charge in [-0.2, -0.15) is 0 Å². The number of rotatable bonds is 4. The van der Waals surface area contributed by atoms with Gasteiger partial charge in [0, 0.05) is 62.1 Å². The second-order valence-electron chi connectivity index (χ2n) is 7.92. The lowest BCUT2D eigenvalue weighted by molar-refractivity contribution is 0.122. The lowest BCUT2D eigenvalue weighted by Gasteiger charge is -2.34. The lowest BCUT2D eigenvalue weighted by atomic mass is 10.1. The number of aromatic nitrogens is 3. The van der Waals surface area contributed by atoms with Crippen LogP contribution in [0.3, 0.4) is 0 Å². The molecule has 1 aliphatic carbocycles. The Morgan fingerprint density at radius 1 is 1.04 bits per heavy atom. The number of nitrogens with one attached hydrogen (secondary N) is 1. The van der Waals surface area contributed by atoms with Gasteiger partial charge in [-0.25, -0.2) is 15.0 Å². The maximum absolute atomic E-state index is 5.46. The minimum Gasteiger partial charge on any atom is -0.378 e. The molecule has 0 amide bonds. The summed E-state index contributed by atoms with van der Waals surface area (Å²) in [4.78, 5) is 18.7. The van der Waals surface area contributed by atoms with E-state index in [1.165, 1.54) is 23.4 Å². The number of piperidine rings is 1. The number of nitrogens with zero attached hydrogens (tertiary/aromatic N) is 5. The normalized spacial score (nSPS) is 22.2. The zero-order valence-corrected chi connectivity index (χ0v) is 16.3. The average Bonchev–Trinajstić information content (AvgIpc) is 3.23. The summed E-state index contributed by atoms with van der Waals surface area (Å²) >= 11 is 0. The molecular formula is C21H28N6O. The number of fused-ring (bicyclic) bond motifs is 1. The van der Waals surface area contributed by atoms with Crippen LogP contribution < -0.4 is 15.1 Å². The van der Waals surface area contributed by atoms with E-state index in [0.29, 0.717) is 6.04 Å². The molecule has 5 rings (SSSR count). The maximum Gasteiger partial charge on any atom is 0.225 e. The third-order valence-electron chi connectivity index (χ3n) is 5.98. The Hall–Kier alpha value is -2.41. The second kappa shape index (κ2) is 7.91. The van der Waals surface area contributed by atoms with Crippen LogP contribution in [0.25, 0.3) is 0 Å². The summed E-state index contributed by atoms with van der Waals surface area (Å²) in [6, 6.07) is 4.61. The van der Waals surface area contributed by atoms with Crippen molar-refractivity contribution in [2.75, 3.05) is 54.5 Å². The molecule has 2 fully saturated rings. The molecule has 0 spiro atoms. The zero-order valence-electron chi connectivity index (χ0n) is 16.3. The van der Waals surface area contributed by atoms with Gasteiger partial charge in [0.05, 0.1) is 13.2 Å². The van der Waals surface area contributed by atoms with Crippen LogP contribution in [-0.2, 0) is 17.6 Å². The molecule has 3 aliphatic rings. The number of hydrogen-bond donors (Lipinski definition) is 1. The fourth-order valence-electron chi connectivity index (χ4n) is 4.46. The van der Waals surface area contributed by atoms with Gasteiger partial charge in [-0.1, -0.05) is 0 Å². The molecule has 1 N–H and O–H groups in total. The summed E-state index contributed by atoms with van der Waals surface area (Å²) in [5.41, 5.74) is 3.80. The van der Waals surface area contributed by atoms with Crippen LogP contribution in [0.4, 0.5) is 17.5 Å². The highest BCUT2D eigenvalue weighted by Gasteiger charge is 2.24. The minimum absolute atomic E-state index is 0.359. The zero-order chi connectivity index (χ0) is 18.8. The molecule has 0 radical (unpaired) electrons. The smallest absolute Gasteiger partial charge is 0.225 e. The van der Waals surface area contributed by atoms with Crippen LogP contribution in [0.15, 0.2) is 24.5 Å². The van der Waals surface area contributed by atoms with Crippen molar-refractivity contribution in [1.29, 1.82) is 0 Å². The largest absolute Gasteiger partial charge is 0.378 e. The molecule has 7 nitrogen and oxygen atoms in total. The molecule has 2 saturated heterocycles. The Morgan fingerprint density at radius 2 is 1.96 bits per heavy atom. The first kappa shape index (κ1) is 17.7. The molecule has 148 valence electrons. The van der Waals surface area contributed by atoms with Gasteiger partial charge in [0.2, 0.25) is 5.95 Å².